The molecule has 1 amide bonds. The van der Waals surface area contributed by atoms with Crippen molar-refractivity contribution in [2.75, 3.05) is 0 Å². The minimum absolute atomic E-state index is 0.00353. The lowest BCUT2D eigenvalue weighted by atomic mass is 9.96. The number of benzene rings is 2. The van der Waals surface area contributed by atoms with Gasteiger partial charge in [-0.15, -0.1) is 0 Å². The van der Waals surface area contributed by atoms with Gasteiger partial charge in [0.25, 0.3) is 5.91 Å². The summed E-state index contributed by atoms with van der Waals surface area (Å²) in [7, 11) is 0. The molecule has 0 unspecified atom stereocenters. The smallest absolute Gasteiger partial charge is 0.261 e. The highest BCUT2D eigenvalue weighted by Crippen LogP contribution is 2.22. The fourth-order valence-corrected chi connectivity index (χ4v) is 2.99. The van der Waals surface area contributed by atoms with Crippen LogP contribution in [0.25, 0.3) is 0 Å². The van der Waals surface area contributed by atoms with Crippen molar-refractivity contribution in [1.82, 2.24) is 5.32 Å². The van der Waals surface area contributed by atoms with E-state index in [1.54, 1.807) is 0 Å². The molecule has 0 aliphatic carbocycles. The van der Waals surface area contributed by atoms with E-state index in [1.165, 1.54) is 5.56 Å². The molecule has 0 aliphatic rings. The summed E-state index contributed by atoms with van der Waals surface area (Å²) in [5.74, 6) is 1.17. The van der Waals surface area contributed by atoms with E-state index in [1.807, 2.05) is 49.4 Å². The van der Waals surface area contributed by atoms with Gasteiger partial charge in [-0.3, -0.25) is 4.79 Å². The molecular formula is C23H31NO2. The van der Waals surface area contributed by atoms with Gasteiger partial charge in [0.2, 0.25) is 0 Å². The summed E-state index contributed by atoms with van der Waals surface area (Å²) >= 11 is 0. The number of carbonyl (C=O) groups excluding carboxylic acids is 1. The second-order valence-electron chi connectivity index (χ2n) is 7.11. The van der Waals surface area contributed by atoms with E-state index in [-0.39, 0.29) is 11.9 Å². The summed E-state index contributed by atoms with van der Waals surface area (Å²) in [6, 6.07) is 18.1. The molecule has 3 nitrogen and oxygen atoms in total. The van der Waals surface area contributed by atoms with Gasteiger partial charge >= 0.3 is 0 Å². The molecule has 0 heterocycles. The van der Waals surface area contributed by atoms with E-state index in [4.69, 9.17) is 4.74 Å². The Labute approximate surface area is 157 Å². The highest BCUT2D eigenvalue weighted by Gasteiger charge is 2.23. The lowest BCUT2D eigenvalue weighted by Crippen LogP contribution is -2.40. The van der Waals surface area contributed by atoms with Crippen molar-refractivity contribution < 1.29 is 9.53 Å². The van der Waals surface area contributed by atoms with Crippen molar-refractivity contribution in [3.63, 3.8) is 0 Å². The fraction of sp³-hybridized carbons (Fsp3) is 0.435. The van der Waals surface area contributed by atoms with Gasteiger partial charge in [-0.25, -0.2) is 0 Å². The zero-order chi connectivity index (χ0) is 18.9. The molecule has 0 radical (unpaired) electrons. The molecule has 1 N–H and O–H groups in total. The van der Waals surface area contributed by atoms with Crippen LogP contribution in [-0.4, -0.2) is 12.0 Å². The Morgan fingerprint density at radius 1 is 1.00 bits per heavy atom. The average molecular weight is 354 g/mol. The number of carbonyl (C=O) groups is 1. The number of hydrogen-bond acceptors (Lipinski definition) is 2. The lowest BCUT2D eigenvalue weighted by molar-refractivity contribution is -0.129. The Balaban J connectivity index is 2.07. The van der Waals surface area contributed by atoms with E-state index in [2.05, 4.69) is 38.2 Å². The molecule has 2 aromatic rings. The second kappa shape index (κ2) is 10.0. The van der Waals surface area contributed by atoms with Crippen molar-refractivity contribution in [1.29, 1.82) is 0 Å². The minimum Gasteiger partial charge on any atom is -0.481 e. The van der Waals surface area contributed by atoms with Crippen LogP contribution in [-0.2, 0) is 11.2 Å². The van der Waals surface area contributed by atoms with E-state index >= 15 is 0 Å². The van der Waals surface area contributed by atoms with Gasteiger partial charge in [0.1, 0.15) is 5.75 Å². The monoisotopic (exact) mass is 353 g/mol. The standard InChI is InChI=1S/C23H31NO2/c1-5-18-12-14-20(15-13-18)26-22(6-2)23(25)24-21(16-17(3)4)19-10-8-7-9-11-19/h7-15,17,21-22H,5-6,16H2,1-4H3,(H,24,25)/t21-,22-/m1/s1. The fourth-order valence-electron chi connectivity index (χ4n) is 2.99. The van der Waals surface area contributed by atoms with Gasteiger partial charge in [0, 0.05) is 0 Å². The Morgan fingerprint density at radius 2 is 1.65 bits per heavy atom. The topological polar surface area (TPSA) is 38.3 Å². The van der Waals surface area contributed by atoms with E-state index < -0.39 is 6.10 Å². The van der Waals surface area contributed by atoms with Gasteiger partial charge < -0.3 is 10.1 Å². The van der Waals surface area contributed by atoms with Crippen LogP contribution >= 0.6 is 0 Å². The average Bonchev–Trinajstić information content (AvgIpc) is 2.66. The first-order valence-electron chi connectivity index (χ1n) is 9.64. The third-order valence-corrected chi connectivity index (χ3v) is 4.50. The maximum atomic E-state index is 12.8. The Morgan fingerprint density at radius 3 is 2.19 bits per heavy atom. The first kappa shape index (κ1) is 20.0. The van der Waals surface area contributed by atoms with Gasteiger partial charge in [-0.05, 0) is 48.4 Å². The molecule has 26 heavy (non-hydrogen) atoms. The van der Waals surface area contributed by atoms with Crippen molar-refractivity contribution in [3.8, 4) is 5.75 Å². The number of amides is 1. The van der Waals surface area contributed by atoms with Crippen LogP contribution < -0.4 is 10.1 Å². The van der Waals surface area contributed by atoms with Gasteiger partial charge in [-0.2, -0.15) is 0 Å². The molecule has 0 spiro atoms. The summed E-state index contributed by atoms with van der Waals surface area (Å²) in [5.41, 5.74) is 2.40. The summed E-state index contributed by atoms with van der Waals surface area (Å²) in [6.07, 6.45) is 2.04. The molecule has 0 saturated carbocycles. The van der Waals surface area contributed by atoms with Gasteiger partial charge in [0.15, 0.2) is 6.10 Å². The highest BCUT2D eigenvalue weighted by atomic mass is 16.5. The molecule has 0 saturated heterocycles. The van der Waals surface area contributed by atoms with E-state index in [0.29, 0.717) is 12.3 Å². The zero-order valence-corrected chi connectivity index (χ0v) is 16.4. The van der Waals surface area contributed by atoms with Crippen molar-refractivity contribution in [3.05, 3.63) is 65.7 Å². The molecular weight excluding hydrogens is 322 g/mol. The molecule has 2 aromatic carbocycles. The van der Waals surface area contributed by atoms with Gasteiger partial charge in [0.05, 0.1) is 6.04 Å². The van der Waals surface area contributed by atoms with Crippen LogP contribution in [0, 0.1) is 5.92 Å². The summed E-state index contributed by atoms with van der Waals surface area (Å²) < 4.78 is 5.95. The van der Waals surface area contributed by atoms with Crippen molar-refractivity contribution in [2.24, 2.45) is 5.92 Å². The van der Waals surface area contributed by atoms with Crippen LogP contribution in [0.3, 0.4) is 0 Å². The normalized spacial score (nSPS) is 13.3. The third kappa shape index (κ3) is 5.91. The second-order valence-corrected chi connectivity index (χ2v) is 7.11. The Kier molecular flexibility index (Phi) is 7.71. The number of hydrogen-bond donors (Lipinski definition) is 1. The van der Waals surface area contributed by atoms with Crippen molar-refractivity contribution >= 4 is 5.91 Å². The van der Waals surface area contributed by atoms with Crippen LogP contribution in [0.5, 0.6) is 5.75 Å². The molecule has 2 rings (SSSR count). The molecule has 0 aliphatic heterocycles. The number of nitrogens with one attached hydrogen (secondary N) is 1. The first-order chi connectivity index (χ1) is 12.5. The Bertz CT molecular complexity index is 664. The lowest BCUT2D eigenvalue weighted by Gasteiger charge is -2.24. The number of ether oxygens (including phenoxy) is 1. The largest absolute Gasteiger partial charge is 0.481 e. The predicted octanol–water partition coefficient (Wildman–Crippen LogP) is 5.31. The van der Waals surface area contributed by atoms with Crippen LogP contribution in [0.2, 0.25) is 0 Å². The molecule has 2 atom stereocenters. The van der Waals surface area contributed by atoms with Crippen LogP contribution in [0.4, 0.5) is 0 Å². The first-order valence-corrected chi connectivity index (χ1v) is 9.64. The molecule has 0 fully saturated rings. The summed E-state index contributed by atoms with van der Waals surface area (Å²) in [4.78, 5) is 12.8. The molecule has 0 bridgehead atoms. The highest BCUT2D eigenvalue weighted by molar-refractivity contribution is 5.81. The van der Waals surface area contributed by atoms with Crippen LogP contribution in [0.15, 0.2) is 54.6 Å². The van der Waals surface area contributed by atoms with Gasteiger partial charge in [-0.1, -0.05) is 70.2 Å². The molecule has 140 valence electrons. The number of aryl methyl sites for hydroxylation is 1. The van der Waals surface area contributed by atoms with Crippen molar-refractivity contribution in [2.45, 2.75) is 59.1 Å². The van der Waals surface area contributed by atoms with E-state index in [9.17, 15) is 4.79 Å². The predicted molar refractivity (Wildman–Crippen MR) is 107 cm³/mol. The quantitative estimate of drug-likeness (QED) is 0.663. The molecule has 0 aromatic heterocycles. The zero-order valence-electron chi connectivity index (χ0n) is 16.4. The third-order valence-electron chi connectivity index (χ3n) is 4.50. The summed E-state index contributed by atoms with van der Waals surface area (Å²) in [6.45, 7) is 8.44. The maximum Gasteiger partial charge on any atom is 0.261 e. The minimum atomic E-state index is -0.485. The number of rotatable bonds is 9. The molecule has 3 heteroatoms. The summed E-state index contributed by atoms with van der Waals surface area (Å²) in [5, 5.41) is 3.19. The SMILES string of the molecule is CCc1ccc(O[C@H](CC)C(=O)N[C@H](CC(C)C)c2ccccc2)cc1. The Hall–Kier alpha value is -2.29. The van der Waals surface area contributed by atoms with E-state index in [0.717, 1.165) is 24.2 Å². The maximum absolute atomic E-state index is 12.8. The van der Waals surface area contributed by atoms with Crippen LogP contribution in [0.1, 0.15) is 57.7 Å².